The minimum Gasteiger partial charge on any atom is -0.328 e. The number of aryl methyl sites for hydroxylation is 1. The first-order chi connectivity index (χ1) is 17.0. The minimum atomic E-state index is -0.559. The Bertz CT molecular complexity index is 1400. The summed E-state index contributed by atoms with van der Waals surface area (Å²) in [5.74, 6) is 0.670. The Hall–Kier alpha value is -3.91. The van der Waals surface area contributed by atoms with Gasteiger partial charge in [-0.15, -0.1) is 5.10 Å². The molecule has 1 atom stereocenters. The smallest absolute Gasteiger partial charge is 0.255 e. The Morgan fingerprint density at radius 1 is 1.03 bits per heavy atom. The van der Waals surface area contributed by atoms with E-state index >= 15 is 0 Å². The second-order valence-electron chi connectivity index (χ2n) is 8.32. The highest BCUT2D eigenvalue weighted by Crippen LogP contribution is 2.37. The summed E-state index contributed by atoms with van der Waals surface area (Å²) >= 11 is 1.53. The SMILES string of the molecule is CC1=C(C(=O)Nc2ccccc2)C(c2ccc(F)cc2)n2nc(SCc3ccccc3C)nc2N1. The average molecular weight is 486 g/mol. The van der Waals surface area contributed by atoms with E-state index in [1.165, 1.54) is 35.0 Å². The average Bonchev–Trinajstić information content (AvgIpc) is 3.26. The van der Waals surface area contributed by atoms with E-state index in [0.29, 0.717) is 28.1 Å². The largest absolute Gasteiger partial charge is 0.328 e. The van der Waals surface area contributed by atoms with Gasteiger partial charge in [-0.1, -0.05) is 66.4 Å². The third-order valence-electron chi connectivity index (χ3n) is 5.91. The highest BCUT2D eigenvalue weighted by atomic mass is 32.2. The molecule has 176 valence electrons. The van der Waals surface area contributed by atoms with Gasteiger partial charge in [-0.05, 0) is 54.8 Å². The Kier molecular flexibility index (Phi) is 6.37. The molecule has 1 aliphatic heterocycles. The van der Waals surface area contributed by atoms with Crippen LogP contribution in [-0.4, -0.2) is 20.7 Å². The van der Waals surface area contributed by atoms with Gasteiger partial charge in [0.2, 0.25) is 11.1 Å². The van der Waals surface area contributed by atoms with Gasteiger partial charge in [0.05, 0.1) is 5.57 Å². The zero-order chi connectivity index (χ0) is 24.4. The quantitative estimate of drug-likeness (QED) is 0.331. The van der Waals surface area contributed by atoms with Gasteiger partial charge < -0.3 is 10.6 Å². The van der Waals surface area contributed by atoms with Crippen molar-refractivity contribution >= 4 is 29.3 Å². The molecule has 0 bridgehead atoms. The molecule has 1 aliphatic rings. The predicted molar refractivity (Wildman–Crippen MR) is 137 cm³/mol. The molecule has 1 unspecified atom stereocenters. The van der Waals surface area contributed by atoms with Crippen molar-refractivity contribution in [3.8, 4) is 0 Å². The molecule has 0 saturated carbocycles. The van der Waals surface area contributed by atoms with Crippen molar-refractivity contribution in [1.82, 2.24) is 14.8 Å². The van der Waals surface area contributed by atoms with Crippen molar-refractivity contribution in [2.24, 2.45) is 0 Å². The van der Waals surface area contributed by atoms with Gasteiger partial charge >= 0.3 is 0 Å². The van der Waals surface area contributed by atoms with E-state index in [4.69, 9.17) is 5.10 Å². The molecule has 8 heteroatoms. The summed E-state index contributed by atoms with van der Waals surface area (Å²) in [6.45, 7) is 3.92. The van der Waals surface area contributed by atoms with Crippen LogP contribution in [0, 0.1) is 12.7 Å². The molecule has 1 amide bonds. The van der Waals surface area contributed by atoms with Gasteiger partial charge in [0.1, 0.15) is 11.9 Å². The summed E-state index contributed by atoms with van der Waals surface area (Å²) in [4.78, 5) is 18.1. The molecule has 1 aromatic heterocycles. The zero-order valence-corrected chi connectivity index (χ0v) is 20.1. The van der Waals surface area contributed by atoms with E-state index in [0.717, 1.165) is 11.3 Å². The van der Waals surface area contributed by atoms with E-state index in [1.54, 1.807) is 16.8 Å². The number of rotatable bonds is 6. The first-order valence-corrected chi connectivity index (χ1v) is 12.2. The third-order valence-corrected chi connectivity index (χ3v) is 6.80. The van der Waals surface area contributed by atoms with Gasteiger partial charge in [-0.2, -0.15) is 4.98 Å². The van der Waals surface area contributed by atoms with Crippen LogP contribution in [-0.2, 0) is 10.5 Å². The summed E-state index contributed by atoms with van der Waals surface area (Å²) in [6.07, 6.45) is 0. The van der Waals surface area contributed by atoms with E-state index in [2.05, 4.69) is 34.7 Å². The fourth-order valence-corrected chi connectivity index (χ4v) is 4.98. The van der Waals surface area contributed by atoms with Gasteiger partial charge in [0, 0.05) is 17.1 Å². The molecule has 3 aromatic carbocycles. The molecule has 4 aromatic rings. The van der Waals surface area contributed by atoms with E-state index in [9.17, 15) is 9.18 Å². The summed E-state index contributed by atoms with van der Waals surface area (Å²) in [6, 6.07) is 23.1. The maximum atomic E-state index is 13.7. The lowest BCUT2D eigenvalue weighted by Crippen LogP contribution is -2.31. The second kappa shape index (κ2) is 9.76. The minimum absolute atomic E-state index is 0.259. The molecule has 0 aliphatic carbocycles. The van der Waals surface area contributed by atoms with Gasteiger partial charge in [-0.25, -0.2) is 9.07 Å². The molecule has 0 spiro atoms. The lowest BCUT2D eigenvalue weighted by Gasteiger charge is -2.28. The van der Waals surface area contributed by atoms with Crippen LogP contribution in [0.5, 0.6) is 0 Å². The first-order valence-electron chi connectivity index (χ1n) is 11.2. The van der Waals surface area contributed by atoms with Gasteiger partial charge in [0.15, 0.2) is 0 Å². The summed E-state index contributed by atoms with van der Waals surface area (Å²) in [7, 11) is 0. The molecule has 0 fully saturated rings. The van der Waals surface area contributed by atoms with Gasteiger partial charge in [-0.3, -0.25) is 4.79 Å². The first kappa shape index (κ1) is 22.9. The number of hydrogen-bond donors (Lipinski definition) is 2. The van der Waals surface area contributed by atoms with Crippen LogP contribution in [0.2, 0.25) is 0 Å². The van der Waals surface area contributed by atoms with Crippen LogP contribution in [0.3, 0.4) is 0 Å². The maximum absolute atomic E-state index is 13.7. The number of carbonyl (C=O) groups excluding carboxylic acids is 1. The number of aromatic nitrogens is 3. The molecule has 2 heterocycles. The molecule has 2 N–H and O–H groups in total. The fourth-order valence-electron chi connectivity index (χ4n) is 4.07. The zero-order valence-electron chi connectivity index (χ0n) is 19.3. The molecule has 35 heavy (non-hydrogen) atoms. The lowest BCUT2D eigenvalue weighted by molar-refractivity contribution is -0.113. The number of amides is 1. The number of benzene rings is 3. The molecular weight excluding hydrogens is 461 g/mol. The lowest BCUT2D eigenvalue weighted by atomic mass is 9.95. The van der Waals surface area contributed by atoms with Gasteiger partial charge in [0.25, 0.3) is 5.91 Å². The number of thioether (sulfide) groups is 1. The van der Waals surface area contributed by atoms with Crippen LogP contribution >= 0.6 is 11.8 Å². The maximum Gasteiger partial charge on any atom is 0.255 e. The van der Waals surface area contributed by atoms with Crippen molar-refractivity contribution in [3.05, 3.63) is 113 Å². The monoisotopic (exact) mass is 485 g/mol. The highest BCUT2D eigenvalue weighted by Gasteiger charge is 2.34. The van der Waals surface area contributed by atoms with Crippen LogP contribution < -0.4 is 10.6 Å². The van der Waals surface area contributed by atoms with E-state index < -0.39 is 6.04 Å². The predicted octanol–water partition coefficient (Wildman–Crippen LogP) is 5.95. The number of allylic oxidation sites excluding steroid dienone is 1. The molecule has 6 nitrogen and oxygen atoms in total. The standard InChI is InChI=1S/C27H24FN5OS/c1-17-8-6-7-9-20(17)16-35-27-31-26-29-18(2)23(25(34)30-22-10-4-3-5-11-22)24(33(26)32-27)19-12-14-21(28)15-13-19/h3-15,24H,16H2,1-2H3,(H,30,34)(H,29,31,32). The molecule has 0 radical (unpaired) electrons. The van der Waals surface area contributed by atoms with Crippen molar-refractivity contribution in [2.75, 3.05) is 10.6 Å². The fraction of sp³-hybridized carbons (Fsp3) is 0.148. The number of hydrogen-bond acceptors (Lipinski definition) is 5. The Balaban J connectivity index is 1.49. The molecular formula is C27H24FN5OS. The Morgan fingerprint density at radius 3 is 2.49 bits per heavy atom. The summed E-state index contributed by atoms with van der Waals surface area (Å²) < 4.78 is 15.4. The number of halogens is 1. The number of fused-ring (bicyclic) bond motifs is 1. The van der Waals surface area contributed by atoms with Crippen molar-refractivity contribution in [2.45, 2.75) is 30.8 Å². The van der Waals surface area contributed by atoms with E-state index in [1.807, 2.05) is 49.4 Å². The van der Waals surface area contributed by atoms with Crippen molar-refractivity contribution in [1.29, 1.82) is 0 Å². The number of carbonyl (C=O) groups is 1. The Labute approximate surface area is 207 Å². The summed E-state index contributed by atoms with van der Waals surface area (Å²) in [5, 5.41) is 11.6. The third kappa shape index (κ3) is 4.83. The van der Waals surface area contributed by atoms with Crippen LogP contribution in [0.1, 0.15) is 29.7 Å². The van der Waals surface area contributed by atoms with Crippen LogP contribution in [0.4, 0.5) is 16.0 Å². The molecule has 5 rings (SSSR count). The van der Waals surface area contributed by atoms with E-state index in [-0.39, 0.29) is 11.7 Å². The van der Waals surface area contributed by atoms with Crippen LogP contribution in [0.25, 0.3) is 0 Å². The molecule has 0 saturated heterocycles. The summed E-state index contributed by atoms with van der Waals surface area (Å²) in [5.41, 5.74) is 5.02. The topological polar surface area (TPSA) is 71.8 Å². The Morgan fingerprint density at radius 2 is 1.74 bits per heavy atom. The number of nitrogens with zero attached hydrogens (tertiary/aromatic N) is 3. The second-order valence-corrected chi connectivity index (χ2v) is 9.26. The highest BCUT2D eigenvalue weighted by molar-refractivity contribution is 7.98. The normalized spacial score (nSPS) is 14.9. The van der Waals surface area contributed by atoms with Crippen molar-refractivity contribution < 1.29 is 9.18 Å². The number of nitrogens with one attached hydrogen (secondary N) is 2. The van der Waals surface area contributed by atoms with Crippen LogP contribution in [0.15, 0.2) is 95.3 Å². The number of anilines is 2. The number of para-hydroxylation sites is 1. The van der Waals surface area contributed by atoms with Crippen molar-refractivity contribution in [3.63, 3.8) is 0 Å².